The van der Waals surface area contributed by atoms with Gasteiger partial charge in [0.25, 0.3) is 0 Å². The first-order valence-electron chi connectivity index (χ1n) is 11.6. The van der Waals surface area contributed by atoms with Crippen LogP contribution in [0, 0.1) is 13.8 Å². The molecule has 0 aliphatic heterocycles. The summed E-state index contributed by atoms with van der Waals surface area (Å²) in [6.07, 6.45) is 1.67. The van der Waals surface area contributed by atoms with Gasteiger partial charge in [-0.15, -0.1) is 0 Å². The molecule has 35 heavy (non-hydrogen) atoms. The number of carbonyl (C=O) groups excluding carboxylic acids is 1. The highest BCUT2D eigenvalue weighted by Crippen LogP contribution is 2.30. The van der Waals surface area contributed by atoms with Crippen molar-refractivity contribution in [3.05, 3.63) is 95.7 Å². The zero-order valence-corrected chi connectivity index (χ0v) is 20.8. The van der Waals surface area contributed by atoms with Crippen LogP contribution in [0.15, 0.2) is 82.6 Å². The Bertz CT molecular complexity index is 1460. The van der Waals surface area contributed by atoms with Gasteiger partial charge in [-0.1, -0.05) is 23.9 Å². The van der Waals surface area contributed by atoms with Crippen molar-refractivity contribution < 1.29 is 13.9 Å². The second kappa shape index (κ2) is 9.88. The molecule has 0 bridgehead atoms. The zero-order valence-electron chi connectivity index (χ0n) is 20.0. The highest BCUT2D eigenvalue weighted by Gasteiger charge is 2.19. The molecule has 0 unspecified atom stereocenters. The molecule has 0 amide bonds. The Labute approximate surface area is 208 Å². The van der Waals surface area contributed by atoms with E-state index in [-0.39, 0.29) is 5.78 Å². The number of Topliss-reactive ketones (excluding diaryl/α,β-unsaturated/α-hetero) is 1. The molecule has 6 nitrogen and oxygen atoms in total. The summed E-state index contributed by atoms with van der Waals surface area (Å²) in [5, 5.41) is 0.785. The van der Waals surface area contributed by atoms with Gasteiger partial charge in [0.2, 0.25) is 0 Å². The van der Waals surface area contributed by atoms with Crippen molar-refractivity contribution in [2.45, 2.75) is 32.5 Å². The van der Waals surface area contributed by atoms with Crippen LogP contribution < -0.4 is 4.74 Å². The number of ketones is 1. The maximum atomic E-state index is 13.3. The Morgan fingerprint density at radius 1 is 1.06 bits per heavy atom. The third kappa shape index (κ3) is 4.64. The standard InChI is InChI=1S/C28H27N3O3S/c1-4-33-22-13-11-21(12-14-22)31-26-10-6-5-9-25(26)29-28(31)35-18-27(32)24-16-19(2)30(20(24)3)17-23-8-7-15-34-23/h5-16H,4,17-18H2,1-3H3. The number of carbonyl (C=O) groups is 1. The van der Waals surface area contributed by atoms with Crippen molar-refractivity contribution in [1.29, 1.82) is 0 Å². The van der Waals surface area contributed by atoms with Crippen LogP contribution in [-0.2, 0) is 6.54 Å². The average molecular weight is 486 g/mol. The molecule has 7 heteroatoms. The van der Waals surface area contributed by atoms with Crippen molar-refractivity contribution in [2.24, 2.45) is 0 Å². The van der Waals surface area contributed by atoms with Crippen LogP contribution in [-0.4, -0.2) is 32.3 Å². The lowest BCUT2D eigenvalue weighted by atomic mass is 10.2. The molecule has 0 N–H and O–H groups in total. The van der Waals surface area contributed by atoms with Crippen molar-refractivity contribution >= 4 is 28.6 Å². The Kier molecular flexibility index (Phi) is 6.51. The van der Waals surface area contributed by atoms with Gasteiger partial charge in [-0.2, -0.15) is 0 Å². The summed E-state index contributed by atoms with van der Waals surface area (Å²) in [5.41, 5.74) is 5.61. The van der Waals surface area contributed by atoms with E-state index >= 15 is 0 Å². The predicted molar refractivity (Wildman–Crippen MR) is 139 cm³/mol. The van der Waals surface area contributed by atoms with Gasteiger partial charge in [0.05, 0.1) is 36.2 Å². The van der Waals surface area contributed by atoms with E-state index in [0.717, 1.165) is 50.3 Å². The molecule has 0 saturated heterocycles. The number of benzene rings is 2. The molecule has 3 heterocycles. The van der Waals surface area contributed by atoms with E-state index in [2.05, 4.69) is 9.13 Å². The van der Waals surface area contributed by atoms with E-state index in [1.807, 2.05) is 87.5 Å². The number of thioether (sulfide) groups is 1. The lowest BCUT2D eigenvalue weighted by molar-refractivity contribution is 0.102. The minimum atomic E-state index is 0.0825. The van der Waals surface area contributed by atoms with Gasteiger partial charge in [0.1, 0.15) is 11.5 Å². The molecule has 0 atom stereocenters. The number of rotatable bonds is 9. The summed E-state index contributed by atoms with van der Waals surface area (Å²) in [7, 11) is 0. The summed E-state index contributed by atoms with van der Waals surface area (Å²) in [5.74, 6) is 2.07. The van der Waals surface area contributed by atoms with Crippen LogP contribution in [0.4, 0.5) is 0 Å². The fraction of sp³-hybridized carbons (Fsp3) is 0.214. The number of nitrogens with zero attached hydrogens (tertiary/aromatic N) is 3. The Hall–Kier alpha value is -3.71. The number of hydrogen-bond acceptors (Lipinski definition) is 5. The van der Waals surface area contributed by atoms with Gasteiger partial charge in [0.15, 0.2) is 10.9 Å². The van der Waals surface area contributed by atoms with Crippen LogP contribution >= 0.6 is 11.8 Å². The number of aromatic nitrogens is 3. The smallest absolute Gasteiger partial charge is 0.175 e. The molecule has 0 spiro atoms. The lowest BCUT2D eigenvalue weighted by Gasteiger charge is -2.10. The highest BCUT2D eigenvalue weighted by atomic mass is 32.2. The minimum absolute atomic E-state index is 0.0825. The quantitative estimate of drug-likeness (QED) is 0.177. The Balaban J connectivity index is 1.41. The van der Waals surface area contributed by atoms with Gasteiger partial charge >= 0.3 is 0 Å². The van der Waals surface area contributed by atoms with Gasteiger partial charge in [-0.3, -0.25) is 9.36 Å². The van der Waals surface area contributed by atoms with E-state index < -0.39 is 0 Å². The molecule has 5 rings (SSSR count). The fourth-order valence-electron chi connectivity index (χ4n) is 4.30. The van der Waals surface area contributed by atoms with Crippen LogP contribution in [0.25, 0.3) is 16.7 Å². The number of hydrogen-bond donors (Lipinski definition) is 0. The van der Waals surface area contributed by atoms with Crippen LogP contribution in [0.1, 0.15) is 34.4 Å². The highest BCUT2D eigenvalue weighted by molar-refractivity contribution is 7.99. The third-order valence-corrected chi connectivity index (χ3v) is 6.97. The molecule has 0 aliphatic rings. The summed E-state index contributed by atoms with van der Waals surface area (Å²) < 4.78 is 15.3. The fourth-order valence-corrected chi connectivity index (χ4v) is 5.21. The molecule has 0 fully saturated rings. The number of aryl methyl sites for hydroxylation is 1. The summed E-state index contributed by atoms with van der Waals surface area (Å²) in [4.78, 5) is 18.1. The Morgan fingerprint density at radius 3 is 2.60 bits per heavy atom. The molecule has 5 aromatic rings. The molecular weight excluding hydrogens is 458 g/mol. The van der Waals surface area contributed by atoms with Gasteiger partial charge in [-0.05, 0) is 75.4 Å². The van der Waals surface area contributed by atoms with E-state index in [1.165, 1.54) is 11.8 Å². The van der Waals surface area contributed by atoms with Crippen molar-refractivity contribution in [1.82, 2.24) is 14.1 Å². The number of fused-ring (bicyclic) bond motifs is 1. The Morgan fingerprint density at radius 2 is 1.86 bits per heavy atom. The predicted octanol–water partition coefficient (Wildman–Crippen LogP) is 6.46. The molecule has 0 radical (unpaired) electrons. The molecular formula is C28H27N3O3S. The first-order chi connectivity index (χ1) is 17.0. The van der Waals surface area contributed by atoms with E-state index in [1.54, 1.807) is 6.26 Å². The zero-order chi connectivity index (χ0) is 24.4. The first kappa shape index (κ1) is 23.1. The molecule has 3 aromatic heterocycles. The molecule has 0 aliphatic carbocycles. The van der Waals surface area contributed by atoms with Crippen molar-refractivity contribution in [2.75, 3.05) is 12.4 Å². The van der Waals surface area contributed by atoms with E-state index in [4.69, 9.17) is 14.1 Å². The van der Waals surface area contributed by atoms with E-state index in [9.17, 15) is 4.79 Å². The van der Waals surface area contributed by atoms with Crippen LogP contribution in [0.3, 0.4) is 0 Å². The van der Waals surface area contributed by atoms with Crippen LogP contribution in [0.2, 0.25) is 0 Å². The molecule has 0 saturated carbocycles. The largest absolute Gasteiger partial charge is 0.494 e. The average Bonchev–Trinajstić information content (AvgIpc) is 3.58. The summed E-state index contributed by atoms with van der Waals surface area (Å²) >= 11 is 1.46. The number of para-hydroxylation sites is 2. The van der Waals surface area contributed by atoms with E-state index in [0.29, 0.717) is 18.9 Å². The molecule has 178 valence electrons. The van der Waals surface area contributed by atoms with Gasteiger partial charge in [0, 0.05) is 22.6 Å². The molecule has 2 aromatic carbocycles. The summed E-state index contributed by atoms with van der Waals surface area (Å²) in [6.45, 7) is 7.21. The second-order valence-corrected chi connectivity index (χ2v) is 9.25. The topological polar surface area (TPSA) is 62.2 Å². The van der Waals surface area contributed by atoms with Crippen LogP contribution in [0.5, 0.6) is 5.75 Å². The van der Waals surface area contributed by atoms with Crippen molar-refractivity contribution in [3.8, 4) is 11.4 Å². The summed E-state index contributed by atoms with van der Waals surface area (Å²) in [6, 6.07) is 21.8. The number of imidazole rings is 1. The third-order valence-electron chi connectivity index (χ3n) is 6.04. The SMILES string of the molecule is CCOc1ccc(-n2c(SCC(=O)c3cc(C)n(Cc4ccco4)c3C)nc3ccccc32)cc1. The lowest BCUT2D eigenvalue weighted by Crippen LogP contribution is -2.08. The number of ether oxygens (including phenoxy) is 1. The monoisotopic (exact) mass is 485 g/mol. The first-order valence-corrected chi connectivity index (χ1v) is 12.6. The minimum Gasteiger partial charge on any atom is -0.494 e. The maximum Gasteiger partial charge on any atom is 0.175 e. The van der Waals surface area contributed by atoms with Gasteiger partial charge < -0.3 is 13.7 Å². The normalized spacial score (nSPS) is 11.3. The maximum absolute atomic E-state index is 13.3. The van der Waals surface area contributed by atoms with Crippen molar-refractivity contribution in [3.63, 3.8) is 0 Å². The number of furan rings is 1. The second-order valence-electron chi connectivity index (χ2n) is 8.31. The van der Waals surface area contributed by atoms with Gasteiger partial charge in [-0.25, -0.2) is 4.98 Å².